The largest absolute Gasteiger partial charge is 0.303 e. The van der Waals surface area contributed by atoms with Crippen molar-refractivity contribution in [1.29, 1.82) is 0 Å². The van der Waals surface area contributed by atoms with E-state index in [0.29, 0.717) is 11.3 Å². The number of allylic oxidation sites excluding steroid dienone is 2. The van der Waals surface area contributed by atoms with E-state index in [9.17, 15) is 4.79 Å². The van der Waals surface area contributed by atoms with Crippen molar-refractivity contribution in [2.75, 3.05) is 0 Å². The summed E-state index contributed by atoms with van der Waals surface area (Å²) in [5.41, 5.74) is 2.22. The Morgan fingerprint density at radius 2 is 1.42 bits per heavy atom. The average molecular weight is 431 g/mol. The van der Waals surface area contributed by atoms with E-state index in [4.69, 9.17) is 0 Å². The van der Waals surface area contributed by atoms with Gasteiger partial charge < -0.3 is 4.79 Å². The summed E-state index contributed by atoms with van der Waals surface area (Å²) >= 11 is 0. The van der Waals surface area contributed by atoms with Crippen LogP contribution in [0.5, 0.6) is 0 Å². The van der Waals surface area contributed by atoms with Crippen LogP contribution in [0.25, 0.3) is 0 Å². The third kappa shape index (κ3) is 4.86. The lowest BCUT2D eigenvalue weighted by Crippen LogP contribution is -2.61. The molecule has 0 heterocycles. The molecular formula is C30H54O. The van der Waals surface area contributed by atoms with E-state index < -0.39 is 0 Å². The summed E-state index contributed by atoms with van der Waals surface area (Å²) in [7, 11) is 0. The van der Waals surface area contributed by atoms with E-state index in [1.165, 1.54) is 51.2 Å². The quantitative estimate of drug-likeness (QED) is 0.314. The van der Waals surface area contributed by atoms with Crippen LogP contribution in [0.1, 0.15) is 114 Å². The molecule has 4 fully saturated rings. The van der Waals surface area contributed by atoms with Crippen molar-refractivity contribution in [2.45, 2.75) is 114 Å². The first kappa shape index (κ1) is 26.7. The first-order valence-electron chi connectivity index (χ1n) is 13.6. The zero-order valence-electron chi connectivity index (χ0n) is 22.6. The van der Waals surface area contributed by atoms with Crippen molar-refractivity contribution in [1.82, 2.24) is 0 Å². The summed E-state index contributed by atoms with van der Waals surface area (Å²) in [4.78, 5) is 11.4. The van der Waals surface area contributed by atoms with Gasteiger partial charge in [0.05, 0.1) is 0 Å². The molecule has 4 saturated carbocycles. The van der Waals surface area contributed by atoms with Crippen LogP contribution in [0.3, 0.4) is 0 Å². The molecule has 0 amide bonds. The molecule has 4 aliphatic rings. The van der Waals surface area contributed by atoms with Crippen LogP contribution in [0.2, 0.25) is 0 Å². The molecular weight excluding hydrogens is 376 g/mol. The fraction of sp³-hybridized carbons (Fsp3) is 0.900. The Morgan fingerprint density at radius 3 is 1.87 bits per heavy atom. The van der Waals surface area contributed by atoms with E-state index in [1.807, 2.05) is 0 Å². The molecule has 1 nitrogen and oxygen atoms in total. The van der Waals surface area contributed by atoms with Gasteiger partial charge >= 0.3 is 0 Å². The van der Waals surface area contributed by atoms with Crippen LogP contribution in [0, 0.1) is 58.2 Å². The van der Waals surface area contributed by atoms with Gasteiger partial charge in [-0.3, -0.25) is 0 Å². The molecule has 1 heteroatoms. The molecule has 8 atom stereocenters. The van der Waals surface area contributed by atoms with Crippen molar-refractivity contribution >= 4 is 6.29 Å². The van der Waals surface area contributed by atoms with Crippen LogP contribution >= 0.6 is 0 Å². The maximum absolute atomic E-state index is 11.4. The van der Waals surface area contributed by atoms with E-state index in [0.717, 1.165) is 41.4 Å². The minimum Gasteiger partial charge on any atom is -0.303 e. The molecule has 0 aromatic carbocycles. The molecule has 180 valence electrons. The highest BCUT2D eigenvalue weighted by atomic mass is 16.1. The summed E-state index contributed by atoms with van der Waals surface area (Å²) in [5.74, 6) is 6.88. The molecule has 0 radical (unpaired) electrons. The van der Waals surface area contributed by atoms with Crippen LogP contribution in [0.4, 0.5) is 0 Å². The van der Waals surface area contributed by atoms with Gasteiger partial charge in [0, 0.05) is 5.92 Å². The number of unbranched alkanes of at least 4 members (excludes halogenated alkanes) is 1. The molecule has 2 bridgehead atoms. The van der Waals surface area contributed by atoms with Crippen LogP contribution in [0.15, 0.2) is 11.6 Å². The average Bonchev–Trinajstić information content (AvgIpc) is 3.23. The lowest BCUT2D eigenvalue weighted by molar-refractivity contribution is -0.183. The molecule has 0 saturated heterocycles. The van der Waals surface area contributed by atoms with E-state index >= 15 is 0 Å². The summed E-state index contributed by atoms with van der Waals surface area (Å²) in [5, 5.41) is 0. The van der Waals surface area contributed by atoms with Gasteiger partial charge in [-0.15, -0.1) is 0 Å². The van der Waals surface area contributed by atoms with Crippen molar-refractivity contribution in [3.8, 4) is 0 Å². The zero-order valence-corrected chi connectivity index (χ0v) is 22.6. The Labute approximate surface area is 195 Å². The number of fused-ring (bicyclic) bond motifs is 8. The predicted octanol–water partition coefficient (Wildman–Crippen LogP) is 8.97. The second-order valence-electron chi connectivity index (χ2n) is 12.7. The summed E-state index contributed by atoms with van der Waals surface area (Å²) in [6, 6.07) is 0. The summed E-state index contributed by atoms with van der Waals surface area (Å²) < 4.78 is 0. The predicted molar refractivity (Wildman–Crippen MR) is 136 cm³/mol. The van der Waals surface area contributed by atoms with Gasteiger partial charge in [-0.05, 0) is 84.9 Å². The van der Waals surface area contributed by atoms with Gasteiger partial charge in [-0.1, -0.05) is 93.2 Å². The van der Waals surface area contributed by atoms with Crippen molar-refractivity contribution in [2.24, 2.45) is 58.2 Å². The number of carbonyl (C=O) groups is 1. The highest BCUT2D eigenvalue weighted by molar-refractivity contribution is 5.56. The van der Waals surface area contributed by atoms with Gasteiger partial charge in [0.1, 0.15) is 6.29 Å². The highest BCUT2D eigenvalue weighted by Crippen LogP contribution is 2.75. The minimum absolute atomic E-state index is 0.260. The standard InChI is InChI=1S/C23H36O.C4H10.C3H8/c1-7-16(23(5,6)22(2,3)4)9-14-11-18-19-13-8-15(12-24)17(10-13)21(19)20(14)18;1-3-4-2;1-3-2/h7,12-15,17-21H,8-11H2,1-6H3;3-4H2,1-2H3;3H2,1-2H3/b16-7-;;. The lowest BCUT2D eigenvalue weighted by atomic mass is 9.38. The first-order chi connectivity index (χ1) is 14.5. The maximum Gasteiger partial charge on any atom is 0.123 e. The Bertz CT molecular complexity index is 604. The van der Waals surface area contributed by atoms with Gasteiger partial charge in [0.2, 0.25) is 0 Å². The van der Waals surface area contributed by atoms with E-state index in [2.05, 4.69) is 75.3 Å². The molecule has 4 aliphatic carbocycles. The number of hydrogen-bond acceptors (Lipinski definition) is 1. The third-order valence-corrected chi connectivity index (χ3v) is 9.92. The Kier molecular flexibility index (Phi) is 9.08. The van der Waals surface area contributed by atoms with Gasteiger partial charge in [0.25, 0.3) is 0 Å². The van der Waals surface area contributed by atoms with Gasteiger partial charge in [-0.25, -0.2) is 0 Å². The molecule has 0 aromatic rings. The van der Waals surface area contributed by atoms with Crippen molar-refractivity contribution in [3.63, 3.8) is 0 Å². The molecule has 31 heavy (non-hydrogen) atoms. The Balaban J connectivity index is 0.000000431. The number of rotatable bonds is 5. The second kappa shape index (κ2) is 10.6. The second-order valence-corrected chi connectivity index (χ2v) is 12.7. The van der Waals surface area contributed by atoms with E-state index in [1.54, 1.807) is 5.57 Å². The fourth-order valence-electron chi connectivity index (χ4n) is 7.24. The normalized spacial score (nSPS) is 37.8. The van der Waals surface area contributed by atoms with Crippen LogP contribution < -0.4 is 0 Å². The smallest absolute Gasteiger partial charge is 0.123 e. The SMILES string of the molecule is C/C=C(/CC1CC2C1C1C3CC(CC3C=O)C21)C(C)(C)C(C)(C)C.CCC.CCCC. The Hall–Kier alpha value is -0.590. The van der Waals surface area contributed by atoms with Crippen LogP contribution in [-0.4, -0.2) is 6.29 Å². The molecule has 0 spiro atoms. The fourth-order valence-corrected chi connectivity index (χ4v) is 7.24. The molecule has 8 unspecified atom stereocenters. The number of hydrogen-bond donors (Lipinski definition) is 0. The van der Waals surface area contributed by atoms with Crippen LogP contribution in [-0.2, 0) is 4.79 Å². The van der Waals surface area contributed by atoms with Gasteiger partial charge in [-0.2, -0.15) is 0 Å². The maximum atomic E-state index is 11.4. The molecule has 0 N–H and O–H groups in total. The zero-order chi connectivity index (χ0) is 23.6. The Morgan fingerprint density at radius 1 is 0.839 bits per heavy atom. The number of carbonyl (C=O) groups excluding carboxylic acids is 1. The van der Waals surface area contributed by atoms with E-state index in [-0.39, 0.29) is 5.41 Å². The van der Waals surface area contributed by atoms with Gasteiger partial charge in [0.15, 0.2) is 0 Å². The molecule has 0 aliphatic heterocycles. The monoisotopic (exact) mass is 430 g/mol. The van der Waals surface area contributed by atoms with Crippen molar-refractivity contribution in [3.05, 3.63) is 11.6 Å². The lowest BCUT2D eigenvalue weighted by Gasteiger charge is -2.66. The minimum atomic E-state index is 0.260. The summed E-state index contributed by atoms with van der Waals surface area (Å²) in [6.07, 6.45) is 13.0. The summed E-state index contributed by atoms with van der Waals surface area (Å²) in [6.45, 7) is 22.9. The highest BCUT2D eigenvalue weighted by Gasteiger charge is 2.70. The molecule has 0 aromatic heterocycles. The topological polar surface area (TPSA) is 17.1 Å². The first-order valence-corrected chi connectivity index (χ1v) is 13.6. The molecule has 4 rings (SSSR count). The number of aldehydes is 1. The van der Waals surface area contributed by atoms with Crippen molar-refractivity contribution < 1.29 is 4.79 Å². The third-order valence-electron chi connectivity index (χ3n) is 9.92.